The lowest BCUT2D eigenvalue weighted by molar-refractivity contribution is 0.321. The molecule has 0 amide bonds. The Morgan fingerprint density at radius 2 is 1.24 bits per heavy atom. The highest BCUT2D eigenvalue weighted by atomic mass is 32.2. The predicted octanol–water partition coefficient (Wildman–Crippen LogP) is 3.65. The summed E-state index contributed by atoms with van der Waals surface area (Å²) >= 11 is 0. The largest absolute Gasteiger partial charge is 0.395 e. The molecule has 0 bridgehead atoms. The lowest BCUT2D eigenvalue weighted by atomic mass is 10.1. The first-order chi connectivity index (χ1) is 8.31. The minimum Gasteiger partial charge on any atom is -0.395 e. The van der Waals surface area contributed by atoms with E-state index in [1.54, 1.807) is 0 Å². The third-order valence-corrected chi connectivity index (χ3v) is 4.43. The Hall–Kier alpha value is 0.110. The number of aliphatic hydroxyl groups is 1. The zero-order valence-electron chi connectivity index (χ0n) is 11.5. The van der Waals surface area contributed by atoms with Crippen molar-refractivity contribution in [2.24, 2.45) is 0 Å². The van der Waals surface area contributed by atoms with Gasteiger partial charge in [0.15, 0.2) is 0 Å². The molecule has 0 aromatic carbocycles. The molecule has 17 heavy (non-hydrogen) atoms. The number of hydrogen-bond donors (Lipinski definition) is 1. The lowest BCUT2D eigenvalue weighted by Crippen LogP contribution is -2.05. The Morgan fingerprint density at radius 1 is 0.765 bits per heavy atom. The van der Waals surface area contributed by atoms with Gasteiger partial charge >= 0.3 is 0 Å². The van der Waals surface area contributed by atoms with E-state index < -0.39 is 10.8 Å². The molecule has 2 nitrogen and oxygen atoms in total. The Morgan fingerprint density at radius 3 is 1.71 bits per heavy atom. The molecule has 0 fully saturated rings. The van der Waals surface area contributed by atoms with Crippen molar-refractivity contribution < 1.29 is 9.32 Å². The molecule has 0 saturated carbocycles. The van der Waals surface area contributed by atoms with Gasteiger partial charge in [-0.15, -0.1) is 0 Å². The average Bonchev–Trinajstić information content (AvgIpc) is 2.32. The summed E-state index contributed by atoms with van der Waals surface area (Å²) in [4.78, 5) is 0. The van der Waals surface area contributed by atoms with Crippen molar-refractivity contribution >= 4 is 10.8 Å². The summed E-state index contributed by atoms with van der Waals surface area (Å²) in [5.74, 6) is 1.23. The van der Waals surface area contributed by atoms with E-state index >= 15 is 0 Å². The highest BCUT2D eigenvalue weighted by Gasteiger charge is 1.98. The maximum Gasteiger partial charge on any atom is 0.0546 e. The Balaban J connectivity index is 3.01. The second kappa shape index (κ2) is 14.2. The quantitative estimate of drug-likeness (QED) is 0.514. The van der Waals surface area contributed by atoms with Crippen LogP contribution in [-0.2, 0) is 10.8 Å². The van der Waals surface area contributed by atoms with Gasteiger partial charge in [0.05, 0.1) is 6.61 Å². The summed E-state index contributed by atoms with van der Waals surface area (Å²) in [6, 6.07) is 0. The molecule has 0 heterocycles. The number of aliphatic hydroxyl groups excluding tert-OH is 1. The van der Waals surface area contributed by atoms with E-state index in [1.165, 1.54) is 57.8 Å². The number of rotatable bonds is 13. The van der Waals surface area contributed by atoms with Crippen LogP contribution in [-0.4, -0.2) is 27.4 Å². The molecule has 0 aliphatic heterocycles. The van der Waals surface area contributed by atoms with E-state index in [0.717, 1.165) is 12.2 Å². The van der Waals surface area contributed by atoms with Gasteiger partial charge in [0, 0.05) is 22.3 Å². The molecule has 0 aromatic rings. The van der Waals surface area contributed by atoms with Gasteiger partial charge in [-0.1, -0.05) is 64.7 Å². The average molecular weight is 262 g/mol. The monoisotopic (exact) mass is 262 g/mol. The maximum atomic E-state index is 11.2. The van der Waals surface area contributed by atoms with E-state index in [0.29, 0.717) is 5.75 Å². The molecule has 1 atom stereocenters. The van der Waals surface area contributed by atoms with Gasteiger partial charge in [-0.25, -0.2) is 0 Å². The van der Waals surface area contributed by atoms with Crippen LogP contribution in [0, 0.1) is 0 Å². The minimum atomic E-state index is -0.783. The van der Waals surface area contributed by atoms with E-state index in [-0.39, 0.29) is 6.61 Å². The molecule has 0 unspecified atom stereocenters. The van der Waals surface area contributed by atoms with Crippen molar-refractivity contribution in [2.75, 3.05) is 18.1 Å². The third kappa shape index (κ3) is 14.0. The van der Waals surface area contributed by atoms with E-state index in [9.17, 15) is 4.21 Å². The first-order valence-corrected chi connectivity index (χ1v) is 8.76. The first-order valence-electron chi connectivity index (χ1n) is 7.27. The van der Waals surface area contributed by atoms with Crippen LogP contribution in [0.2, 0.25) is 0 Å². The number of hydrogen-bond acceptors (Lipinski definition) is 2. The van der Waals surface area contributed by atoms with Crippen LogP contribution in [0.4, 0.5) is 0 Å². The Bertz CT molecular complexity index is 172. The summed E-state index contributed by atoms with van der Waals surface area (Å²) in [7, 11) is -0.783. The Labute approximate surface area is 110 Å². The minimum absolute atomic E-state index is 0.0599. The van der Waals surface area contributed by atoms with Crippen LogP contribution in [0.1, 0.15) is 71.1 Å². The van der Waals surface area contributed by atoms with Crippen molar-refractivity contribution in [3.05, 3.63) is 0 Å². The fourth-order valence-electron chi connectivity index (χ4n) is 1.95. The summed E-state index contributed by atoms with van der Waals surface area (Å²) in [5.41, 5.74) is 0. The molecular formula is C14H30O2S. The van der Waals surface area contributed by atoms with Gasteiger partial charge in [0.2, 0.25) is 0 Å². The van der Waals surface area contributed by atoms with Crippen molar-refractivity contribution in [2.45, 2.75) is 71.1 Å². The van der Waals surface area contributed by atoms with E-state index in [2.05, 4.69) is 6.92 Å². The number of unbranched alkanes of at least 4 members (excludes halogenated alkanes) is 9. The Kier molecular flexibility index (Phi) is 14.3. The van der Waals surface area contributed by atoms with Gasteiger partial charge in [0.25, 0.3) is 0 Å². The molecule has 0 spiro atoms. The van der Waals surface area contributed by atoms with Crippen LogP contribution in [0.25, 0.3) is 0 Å². The summed E-state index contributed by atoms with van der Waals surface area (Å²) < 4.78 is 11.2. The van der Waals surface area contributed by atoms with Gasteiger partial charge in [-0.3, -0.25) is 4.21 Å². The molecule has 0 aliphatic carbocycles. The van der Waals surface area contributed by atoms with Crippen molar-refractivity contribution in [3.63, 3.8) is 0 Å². The standard InChI is InChI=1S/C14H30O2S/c1-2-3-4-5-6-7-8-9-10-11-13-17(16)14-12-15/h15H,2-14H2,1H3/t17-/m1/s1. The van der Waals surface area contributed by atoms with Gasteiger partial charge < -0.3 is 5.11 Å². The second-order valence-electron chi connectivity index (χ2n) is 4.75. The lowest BCUT2D eigenvalue weighted by Gasteiger charge is -2.02. The fourth-order valence-corrected chi connectivity index (χ4v) is 2.89. The van der Waals surface area contributed by atoms with Gasteiger partial charge in [-0.2, -0.15) is 0 Å². The van der Waals surface area contributed by atoms with E-state index in [1.807, 2.05) is 0 Å². The maximum absolute atomic E-state index is 11.2. The van der Waals surface area contributed by atoms with Crippen LogP contribution in [0.15, 0.2) is 0 Å². The smallest absolute Gasteiger partial charge is 0.0546 e. The molecule has 3 heteroatoms. The SMILES string of the molecule is CCCCCCCCCCCC[S@@](=O)CCO. The first kappa shape index (κ1) is 17.1. The molecular weight excluding hydrogens is 232 g/mol. The fraction of sp³-hybridized carbons (Fsp3) is 1.00. The van der Waals surface area contributed by atoms with Crippen molar-refractivity contribution in [3.8, 4) is 0 Å². The molecule has 0 aliphatic rings. The van der Waals surface area contributed by atoms with Crippen LogP contribution < -0.4 is 0 Å². The second-order valence-corrected chi connectivity index (χ2v) is 6.45. The van der Waals surface area contributed by atoms with Crippen LogP contribution >= 0.6 is 0 Å². The normalized spacial score (nSPS) is 12.8. The summed E-state index contributed by atoms with van der Waals surface area (Å²) in [5, 5.41) is 8.60. The molecule has 0 aromatic heterocycles. The molecule has 104 valence electrons. The van der Waals surface area contributed by atoms with E-state index in [4.69, 9.17) is 5.11 Å². The van der Waals surface area contributed by atoms with Crippen molar-refractivity contribution in [1.29, 1.82) is 0 Å². The zero-order valence-corrected chi connectivity index (χ0v) is 12.3. The molecule has 0 rings (SSSR count). The topological polar surface area (TPSA) is 37.3 Å². The highest BCUT2D eigenvalue weighted by molar-refractivity contribution is 7.84. The van der Waals surface area contributed by atoms with Crippen LogP contribution in [0.5, 0.6) is 0 Å². The predicted molar refractivity (Wildman–Crippen MR) is 76.8 cm³/mol. The highest BCUT2D eigenvalue weighted by Crippen LogP contribution is 2.10. The van der Waals surface area contributed by atoms with Crippen molar-refractivity contribution in [1.82, 2.24) is 0 Å². The summed E-state index contributed by atoms with van der Waals surface area (Å²) in [6.07, 6.45) is 13.1. The third-order valence-electron chi connectivity index (χ3n) is 3.04. The molecule has 1 N–H and O–H groups in total. The van der Waals surface area contributed by atoms with Gasteiger partial charge in [0.1, 0.15) is 0 Å². The molecule has 0 radical (unpaired) electrons. The van der Waals surface area contributed by atoms with Gasteiger partial charge in [-0.05, 0) is 6.42 Å². The molecule has 0 saturated heterocycles. The van der Waals surface area contributed by atoms with Crippen LogP contribution in [0.3, 0.4) is 0 Å². The summed E-state index contributed by atoms with van der Waals surface area (Å²) in [6.45, 7) is 2.31. The zero-order chi connectivity index (χ0) is 12.8.